The van der Waals surface area contributed by atoms with Crippen molar-refractivity contribution in [2.24, 2.45) is 5.92 Å². The lowest BCUT2D eigenvalue weighted by Gasteiger charge is -2.15. The molecule has 0 aliphatic heterocycles. The third-order valence-electron chi connectivity index (χ3n) is 3.36. The Hall–Kier alpha value is -1.32. The lowest BCUT2D eigenvalue weighted by molar-refractivity contribution is -0.124. The van der Waals surface area contributed by atoms with Crippen molar-refractivity contribution in [3.8, 4) is 0 Å². The van der Waals surface area contributed by atoms with Crippen LogP contribution in [-0.2, 0) is 17.6 Å². The summed E-state index contributed by atoms with van der Waals surface area (Å²) in [5.74, 6) is 0.666. The average molecular weight is 265 g/mol. The topological polar surface area (TPSA) is 46.9 Å². The van der Waals surface area contributed by atoms with E-state index in [1.54, 1.807) is 0 Å². The van der Waals surface area contributed by atoms with Crippen LogP contribution >= 0.6 is 0 Å². The fourth-order valence-electron chi connectivity index (χ4n) is 2.00. The van der Waals surface area contributed by atoms with Crippen molar-refractivity contribution >= 4 is 5.91 Å². The van der Waals surface area contributed by atoms with Crippen LogP contribution in [0, 0.1) is 5.92 Å². The van der Waals surface area contributed by atoms with Crippen molar-refractivity contribution in [1.29, 1.82) is 0 Å². The summed E-state index contributed by atoms with van der Waals surface area (Å²) in [5.41, 5.74) is 2.18. The SMILES string of the molecule is CCc1cc(CC)n(C(C)C(=O)NCCC(C)C)n1. The van der Waals surface area contributed by atoms with Crippen molar-refractivity contribution in [2.45, 2.75) is 59.9 Å². The van der Waals surface area contributed by atoms with Gasteiger partial charge in [0.15, 0.2) is 0 Å². The monoisotopic (exact) mass is 265 g/mol. The van der Waals surface area contributed by atoms with Gasteiger partial charge in [0.25, 0.3) is 0 Å². The van der Waals surface area contributed by atoms with Crippen LogP contribution in [0.15, 0.2) is 6.07 Å². The average Bonchev–Trinajstić information content (AvgIpc) is 2.80. The predicted octanol–water partition coefficient (Wildman–Crippen LogP) is 2.73. The Morgan fingerprint density at radius 1 is 1.32 bits per heavy atom. The van der Waals surface area contributed by atoms with Crippen LogP contribution in [0.4, 0.5) is 0 Å². The number of carbonyl (C=O) groups excluding carboxylic acids is 1. The third kappa shape index (κ3) is 4.37. The number of nitrogens with one attached hydrogen (secondary N) is 1. The smallest absolute Gasteiger partial charge is 0.244 e. The number of hydrogen-bond donors (Lipinski definition) is 1. The van der Waals surface area contributed by atoms with Crippen LogP contribution in [-0.4, -0.2) is 22.2 Å². The molecule has 0 aromatic carbocycles. The molecule has 4 nitrogen and oxygen atoms in total. The van der Waals surface area contributed by atoms with E-state index in [1.807, 2.05) is 11.6 Å². The van der Waals surface area contributed by atoms with Crippen LogP contribution in [0.3, 0.4) is 0 Å². The summed E-state index contributed by atoms with van der Waals surface area (Å²) < 4.78 is 1.86. The summed E-state index contributed by atoms with van der Waals surface area (Å²) in [4.78, 5) is 12.1. The fraction of sp³-hybridized carbons (Fsp3) is 0.733. The Labute approximate surface area is 116 Å². The van der Waals surface area contributed by atoms with Crippen molar-refractivity contribution in [2.75, 3.05) is 6.54 Å². The van der Waals surface area contributed by atoms with Gasteiger partial charge in [-0.25, -0.2) is 0 Å². The van der Waals surface area contributed by atoms with Gasteiger partial charge in [0.1, 0.15) is 6.04 Å². The molecule has 0 fully saturated rings. The molecule has 0 saturated heterocycles. The first kappa shape index (κ1) is 15.7. The lowest BCUT2D eigenvalue weighted by atomic mass is 10.1. The van der Waals surface area contributed by atoms with Crippen LogP contribution in [0.1, 0.15) is 58.5 Å². The Morgan fingerprint density at radius 3 is 2.53 bits per heavy atom. The number of carbonyl (C=O) groups is 1. The first-order valence-corrected chi connectivity index (χ1v) is 7.34. The summed E-state index contributed by atoms with van der Waals surface area (Å²) in [6, 6.07) is 1.86. The molecule has 1 amide bonds. The normalized spacial score (nSPS) is 12.7. The number of amides is 1. The van der Waals surface area contributed by atoms with E-state index in [0.717, 1.165) is 37.2 Å². The van der Waals surface area contributed by atoms with Gasteiger partial charge in [-0.15, -0.1) is 0 Å². The van der Waals surface area contributed by atoms with Crippen LogP contribution in [0.5, 0.6) is 0 Å². The Morgan fingerprint density at radius 2 is 2.00 bits per heavy atom. The van der Waals surface area contributed by atoms with Gasteiger partial charge in [-0.1, -0.05) is 27.7 Å². The van der Waals surface area contributed by atoms with Gasteiger partial charge < -0.3 is 5.32 Å². The number of aromatic nitrogens is 2. The van der Waals surface area contributed by atoms with Gasteiger partial charge in [0.2, 0.25) is 5.91 Å². The second-order valence-electron chi connectivity index (χ2n) is 5.43. The summed E-state index contributed by atoms with van der Waals surface area (Å²) in [6.45, 7) is 11.1. The minimum absolute atomic E-state index is 0.0566. The fourth-order valence-corrected chi connectivity index (χ4v) is 2.00. The zero-order valence-electron chi connectivity index (χ0n) is 12.9. The highest BCUT2D eigenvalue weighted by Crippen LogP contribution is 2.13. The van der Waals surface area contributed by atoms with E-state index in [-0.39, 0.29) is 11.9 Å². The second-order valence-corrected chi connectivity index (χ2v) is 5.43. The zero-order valence-corrected chi connectivity index (χ0v) is 12.9. The van der Waals surface area contributed by atoms with Crippen LogP contribution < -0.4 is 5.32 Å². The van der Waals surface area contributed by atoms with E-state index in [1.165, 1.54) is 0 Å². The maximum Gasteiger partial charge on any atom is 0.244 e. The first-order valence-electron chi connectivity index (χ1n) is 7.34. The number of rotatable bonds is 7. The first-order chi connectivity index (χ1) is 8.99. The molecule has 1 unspecified atom stereocenters. The molecule has 0 aliphatic carbocycles. The molecule has 1 heterocycles. The Bertz CT molecular complexity index is 410. The number of nitrogens with zero attached hydrogens (tertiary/aromatic N) is 2. The molecule has 0 radical (unpaired) electrons. The zero-order chi connectivity index (χ0) is 14.4. The van der Waals surface area contributed by atoms with Crippen LogP contribution in [0.25, 0.3) is 0 Å². The molecule has 1 aromatic heterocycles. The van der Waals surface area contributed by atoms with E-state index in [9.17, 15) is 4.79 Å². The van der Waals surface area contributed by atoms with Crippen molar-refractivity contribution in [3.05, 3.63) is 17.5 Å². The third-order valence-corrected chi connectivity index (χ3v) is 3.36. The summed E-state index contributed by atoms with van der Waals surface area (Å²) >= 11 is 0. The van der Waals surface area contributed by atoms with Gasteiger partial charge >= 0.3 is 0 Å². The highest BCUT2D eigenvalue weighted by molar-refractivity contribution is 5.79. The van der Waals surface area contributed by atoms with Gasteiger partial charge in [-0.05, 0) is 38.2 Å². The maximum absolute atomic E-state index is 12.1. The van der Waals surface area contributed by atoms with E-state index in [2.05, 4.69) is 44.2 Å². The standard InChI is InChI=1S/C15H27N3O/c1-6-13-10-14(7-2)18(17-13)12(5)15(19)16-9-8-11(3)4/h10-12H,6-9H2,1-5H3,(H,16,19). The molecule has 0 saturated carbocycles. The van der Waals surface area contributed by atoms with E-state index in [4.69, 9.17) is 0 Å². The van der Waals surface area contributed by atoms with Crippen LogP contribution in [0.2, 0.25) is 0 Å². The van der Waals surface area contributed by atoms with Crippen molar-refractivity contribution in [1.82, 2.24) is 15.1 Å². The molecule has 1 atom stereocenters. The molecule has 19 heavy (non-hydrogen) atoms. The number of hydrogen-bond acceptors (Lipinski definition) is 2. The maximum atomic E-state index is 12.1. The molecule has 4 heteroatoms. The molecule has 108 valence electrons. The predicted molar refractivity (Wildman–Crippen MR) is 78.2 cm³/mol. The minimum Gasteiger partial charge on any atom is -0.354 e. The van der Waals surface area contributed by atoms with Gasteiger partial charge in [0, 0.05) is 12.2 Å². The second kappa shape index (κ2) is 7.31. The summed E-state index contributed by atoms with van der Waals surface area (Å²) in [7, 11) is 0. The summed E-state index contributed by atoms with van der Waals surface area (Å²) in [5, 5.41) is 7.51. The van der Waals surface area contributed by atoms with E-state index < -0.39 is 0 Å². The molecule has 0 aliphatic rings. The molecular weight excluding hydrogens is 238 g/mol. The Balaban J connectivity index is 2.67. The molecular formula is C15H27N3O. The van der Waals surface area contributed by atoms with E-state index in [0.29, 0.717) is 5.92 Å². The van der Waals surface area contributed by atoms with E-state index >= 15 is 0 Å². The largest absolute Gasteiger partial charge is 0.354 e. The summed E-state index contributed by atoms with van der Waals surface area (Å²) in [6.07, 6.45) is 2.82. The molecule has 1 rings (SSSR count). The van der Waals surface area contributed by atoms with Crippen molar-refractivity contribution in [3.63, 3.8) is 0 Å². The quantitative estimate of drug-likeness (QED) is 0.824. The Kier molecular flexibility index (Phi) is 6.06. The van der Waals surface area contributed by atoms with Crippen molar-refractivity contribution < 1.29 is 4.79 Å². The minimum atomic E-state index is -0.234. The van der Waals surface area contributed by atoms with Gasteiger partial charge in [-0.3, -0.25) is 9.48 Å². The molecule has 1 N–H and O–H groups in total. The highest BCUT2D eigenvalue weighted by atomic mass is 16.2. The number of aryl methyl sites for hydroxylation is 2. The molecule has 0 spiro atoms. The lowest BCUT2D eigenvalue weighted by Crippen LogP contribution is -2.33. The highest BCUT2D eigenvalue weighted by Gasteiger charge is 2.18. The van der Waals surface area contributed by atoms with Gasteiger partial charge in [-0.2, -0.15) is 5.10 Å². The van der Waals surface area contributed by atoms with Gasteiger partial charge in [0.05, 0.1) is 5.69 Å². The molecule has 0 bridgehead atoms. The molecule has 1 aromatic rings.